The van der Waals surface area contributed by atoms with Gasteiger partial charge in [-0.3, -0.25) is 4.79 Å². The SMILES string of the molecule is O=C(Nc1cccc(N2C=CNN2)n1)c1csc2cnc(Cl)nc12. The molecule has 4 heterocycles. The topological polar surface area (TPSA) is 95.1 Å². The first kappa shape index (κ1) is 14.8. The molecule has 3 aromatic heterocycles. The molecule has 0 aromatic carbocycles. The van der Waals surface area contributed by atoms with Crippen LogP contribution >= 0.6 is 22.9 Å². The van der Waals surface area contributed by atoms with Gasteiger partial charge in [-0.15, -0.1) is 16.9 Å². The van der Waals surface area contributed by atoms with Crippen molar-refractivity contribution in [3.63, 3.8) is 0 Å². The minimum atomic E-state index is -0.302. The molecule has 0 saturated heterocycles. The number of carbonyl (C=O) groups excluding carboxylic acids is 1. The fraction of sp³-hybridized carbons (Fsp3) is 0. The second-order valence-corrected chi connectivity index (χ2v) is 6.03. The molecule has 0 radical (unpaired) electrons. The zero-order valence-electron chi connectivity index (χ0n) is 12.0. The number of hydrogen-bond donors (Lipinski definition) is 3. The summed E-state index contributed by atoms with van der Waals surface area (Å²) in [6, 6.07) is 5.33. The van der Waals surface area contributed by atoms with Crippen molar-refractivity contribution in [1.29, 1.82) is 0 Å². The third-order valence-electron chi connectivity index (χ3n) is 3.24. The smallest absolute Gasteiger partial charge is 0.259 e. The van der Waals surface area contributed by atoms with Crippen LogP contribution in [-0.2, 0) is 0 Å². The van der Waals surface area contributed by atoms with Crippen molar-refractivity contribution in [2.75, 3.05) is 10.3 Å². The van der Waals surface area contributed by atoms with E-state index in [0.717, 1.165) is 4.70 Å². The number of hydrogen-bond acceptors (Lipinski definition) is 8. The molecule has 3 N–H and O–H groups in total. The number of fused-ring (bicyclic) bond motifs is 1. The zero-order valence-corrected chi connectivity index (χ0v) is 13.6. The minimum absolute atomic E-state index is 0.106. The maximum absolute atomic E-state index is 12.5. The van der Waals surface area contributed by atoms with E-state index in [1.54, 1.807) is 41.1 Å². The van der Waals surface area contributed by atoms with Gasteiger partial charge < -0.3 is 10.7 Å². The molecule has 1 amide bonds. The van der Waals surface area contributed by atoms with Gasteiger partial charge in [-0.1, -0.05) is 6.07 Å². The molecule has 1 aliphatic heterocycles. The van der Waals surface area contributed by atoms with E-state index in [1.807, 2.05) is 6.07 Å². The van der Waals surface area contributed by atoms with Gasteiger partial charge in [0.25, 0.3) is 5.91 Å². The second kappa shape index (κ2) is 6.04. The Kier molecular flexibility index (Phi) is 3.73. The average Bonchev–Trinajstić information content (AvgIpc) is 3.24. The third kappa shape index (κ3) is 2.75. The molecule has 120 valence electrons. The molecule has 8 nitrogen and oxygen atoms in total. The lowest BCUT2D eigenvalue weighted by atomic mass is 10.2. The summed E-state index contributed by atoms with van der Waals surface area (Å²) in [7, 11) is 0. The number of anilines is 2. The summed E-state index contributed by atoms with van der Waals surface area (Å²) < 4.78 is 0.795. The highest BCUT2D eigenvalue weighted by molar-refractivity contribution is 7.17. The molecule has 10 heteroatoms. The highest BCUT2D eigenvalue weighted by Crippen LogP contribution is 2.25. The number of amides is 1. The highest BCUT2D eigenvalue weighted by atomic mass is 35.5. The number of aromatic nitrogens is 3. The van der Waals surface area contributed by atoms with Gasteiger partial charge >= 0.3 is 0 Å². The first-order chi connectivity index (χ1) is 11.7. The number of nitrogens with one attached hydrogen (secondary N) is 3. The van der Waals surface area contributed by atoms with E-state index in [1.165, 1.54) is 11.3 Å². The van der Waals surface area contributed by atoms with E-state index in [2.05, 4.69) is 31.2 Å². The Balaban J connectivity index is 1.60. The number of pyridine rings is 1. The number of thiophene rings is 1. The van der Waals surface area contributed by atoms with Crippen LogP contribution in [0.4, 0.5) is 11.6 Å². The van der Waals surface area contributed by atoms with Crippen molar-refractivity contribution < 1.29 is 4.79 Å². The Morgan fingerprint density at radius 2 is 2.25 bits per heavy atom. The fourth-order valence-electron chi connectivity index (χ4n) is 2.17. The van der Waals surface area contributed by atoms with Crippen molar-refractivity contribution >= 4 is 50.7 Å². The number of halogens is 1. The zero-order chi connectivity index (χ0) is 16.5. The number of nitrogens with zero attached hydrogens (tertiary/aromatic N) is 4. The van der Waals surface area contributed by atoms with Crippen molar-refractivity contribution in [2.45, 2.75) is 0 Å². The Morgan fingerprint density at radius 1 is 1.33 bits per heavy atom. The van der Waals surface area contributed by atoms with Crippen LogP contribution in [0.25, 0.3) is 10.2 Å². The van der Waals surface area contributed by atoms with Gasteiger partial charge in [-0.05, 0) is 23.7 Å². The summed E-state index contributed by atoms with van der Waals surface area (Å²) in [4.78, 5) is 25.0. The first-order valence-electron chi connectivity index (χ1n) is 6.86. The van der Waals surface area contributed by atoms with Gasteiger partial charge in [0.2, 0.25) is 5.28 Å². The van der Waals surface area contributed by atoms with E-state index in [0.29, 0.717) is 22.7 Å². The standard InChI is InChI=1S/C14H10ClN7OS/c15-14-16-6-9-12(20-14)8(7-24-9)13(23)19-10-2-1-3-11(18-10)22-5-4-17-21-22/h1-7,17,21H,(H,18,19,23). The van der Waals surface area contributed by atoms with Crippen LogP contribution in [0, 0.1) is 0 Å². The maximum atomic E-state index is 12.5. The lowest BCUT2D eigenvalue weighted by Gasteiger charge is -2.15. The van der Waals surface area contributed by atoms with Crippen LogP contribution in [0.2, 0.25) is 5.28 Å². The fourth-order valence-corrected chi connectivity index (χ4v) is 3.15. The molecule has 0 saturated carbocycles. The summed E-state index contributed by atoms with van der Waals surface area (Å²) in [6.45, 7) is 0. The molecule has 4 rings (SSSR count). The van der Waals surface area contributed by atoms with Crippen molar-refractivity contribution in [1.82, 2.24) is 25.9 Å². The van der Waals surface area contributed by atoms with E-state index in [-0.39, 0.29) is 11.2 Å². The van der Waals surface area contributed by atoms with Gasteiger partial charge in [-0.25, -0.2) is 20.0 Å². The molecule has 0 aliphatic carbocycles. The Labute approximate surface area is 145 Å². The molecule has 0 spiro atoms. The molecule has 0 unspecified atom stereocenters. The summed E-state index contributed by atoms with van der Waals surface area (Å²) in [6.07, 6.45) is 5.11. The number of hydrazine groups is 2. The Bertz CT molecular complexity index is 957. The predicted molar refractivity (Wildman–Crippen MR) is 92.5 cm³/mol. The molecule has 3 aromatic rings. The van der Waals surface area contributed by atoms with Crippen LogP contribution in [0.5, 0.6) is 0 Å². The van der Waals surface area contributed by atoms with Crippen LogP contribution in [0.15, 0.2) is 42.2 Å². The van der Waals surface area contributed by atoms with Crippen molar-refractivity contribution in [3.8, 4) is 0 Å². The van der Waals surface area contributed by atoms with Gasteiger partial charge in [0.1, 0.15) is 5.82 Å². The largest absolute Gasteiger partial charge is 0.309 e. The number of carbonyl (C=O) groups is 1. The van der Waals surface area contributed by atoms with E-state index in [4.69, 9.17) is 11.6 Å². The lowest BCUT2D eigenvalue weighted by molar-refractivity contribution is 0.102. The quantitative estimate of drug-likeness (QED) is 0.617. The van der Waals surface area contributed by atoms with Crippen molar-refractivity contribution in [3.05, 3.63) is 53.0 Å². The van der Waals surface area contributed by atoms with E-state index in [9.17, 15) is 4.79 Å². The van der Waals surface area contributed by atoms with E-state index >= 15 is 0 Å². The number of rotatable bonds is 3. The second-order valence-electron chi connectivity index (χ2n) is 4.78. The maximum Gasteiger partial charge on any atom is 0.259 e. The summed E-state index contributed by atoms with van der Waals surface area (Å²) in [5.74, 6) is 0.761. The molecule has 24 heavy (non-hydrogen) atoms. The minimum Gasteiger partial charge on any atom is -0.309 e. The van der Waals surface area contributed by atoms with Crippen molar-refractivity contribution in [2.24, 2.45) is 0 Å². The average molecular weight is 360 g/mol. The monoisotopic (exact) mass is 359 g/mol. The molecular weight excluding hydrogens is 350 g/mol. The summed E-state index contributed by atoms with van der Waals surface area (Å²) >= 11 is 7.20. The molecule has 0 bridgehead atoms. The van der Waals surface area contributed by atoms with Gasteiger partial charge in [-0.2, -0.15) is 0 Å². The van der Waals surface area contributed by atoms with Crippen LogP contribution in [-0.4, -0.2) is 20.9 Å². The van der Waals surface area contributed by atoms with E-state index < -0.39 is 0 Å². The highest BCUT2D eigenvalue weighted by Gasteiger charge is 2.16. The normalized spacial score (nSPS) is 13.3. The van der Waals surface area contributed by atoms with Crippen LogP contribution < -0.4 is 21.3 Å². The van der Waals surface area contributed by atoms with Crippen LogP contribution in [0.1, 0.15) is 10.4 Å². The molecule has 0 atom stereocenters. The van der Waals surface area contributed by atoms with Gasteiger partial charge in [0.05, 0.1) is 15.8 Å². The Hall–Kier alpha value is -2.75. The first-order valence-corrected chi connectivity index (χ1v) is 8.12. The predicted octanol–water partition coefficient (Wildman–Crippen LogP) is 2.29. The van der Waals surface area contributed by atoms with Gasteiger partial charge in [0.15, 0.2) is 5.82 Å². The third-order valence-corrected chi connectivity index (χ3v) is 4.33. The molecule has 1 aliphatic rings. The lowest BCUT2D eigenvalue weighted by Crippen LogP contribution is -2.35. The Morgan fingerprint density at radius 3 is 3.08 bits per heavy atom. The summed E-state index contributed by atoms with van der Waals surface area (Å²) in [5.41, 5.74) is 6.67. The molecular formula is C14H10ClN7OS. The molecule has 0 fully saturated rings. The van der Waals surface area contributed by atoms with Gasteiger partial charge in [0, 0.05) is 24.0 Å². The van der Waals surface area contributed by atoms with Crippen LogP contribution in [0.3, 0.4) is 0 Å². The summed E-state index contributed by atoms with van der Waals surface area (Å²) in [5, 5.41) is 6.29.